The van der Waals surface area contributed by atoms with E-state index in [9.17, 15) is 4.79 Å². The minimum absolute atomic E-state index is 0.0304. The third-order valence-corrected chi connectivity index (χ3v) is 3.22. The van der Waals surface area contributed by atoms with Crippen LogP contribution in [0.3, 0.4) is 0 Å². The lowest BCUT2D eigenvalue weighted by molar-refractivity contribution is -0.126. The molecule has 1 amide bonds. The van der Waals surface area contributed by atoms with Crippen LogP contribution in [-0.4, -0.2) is 31.7 Å². The lowest BCUT2D eigenvalue weighted by atomic mass is 10.1. The zero-order valence-electron chi connectivity index (χ0n) is 10.3. The van der Waals surface area contributed by atoms with Gasteiger partial charge in [0.05, 0.1) is 19.3 Å². The summed E-state index contributed by atoms with van der Waals surface area (Å²) in [5.41, 5.74) is 1.03. The fraction of sp³-hybridized carbons (Fsp3) is 0.462. The molecular weight excluding hydrogens is 252 g/mol. The number of morpholine rings is 1. The van der Waals surface area contributed by atoms with Crippen molar-refractivity contribution in [1.82, 2.24) is 10.6 Å². The summed E-state index contributed by atoms with van der Waals surface area (Å²) in [6.45, 7) is 3.76. The van der Waals surface area contributed by atoms with E-state index in [1.807, 2.05) is 31.2 Å². The van der Waals surface area contributed by atoms with Crippen molar-refractivity contribution in [2.45, 2.75) is 19.0 Å². The van der Waals surface area contributed by atoms with Crippen molar-refractivity contribution in [3.63, 3.8) is 0 Å². The summed E-state index contributed by atoms with van der Waals surface area (Å²) < 4.78 is 5.27. The van der Waals surface area contributed by atoms with Gasteiger partial charge in [-0.05, 0) is 24.6 Å². The van der Waals surface area contributed by atoms with Crippen molar-refractivity contribution in [1.29, 1.82) is 0 Å². The summed E-state index contributed by atoms with van der Waals surface area (Å²) in [4.78, 5) is 12.0. The number of amides is 1. The van der Waals surface area contributed by atoms with E-state index in [0.717, 1.165) is 5.56 Å². The van der Waals surface area contributed by atoms with Gasteiger partial charge in [-0.2, -0.15) is 0 Å². The van der Waals surface area contributed by atoms with Crippen LogP contribution in [-0.2, 0) is 9.53 Å². The summed E-state index contributed by atoms with van der Waals surface area (Å²) in [6.07, 6.45) is 0. The molecule has 5 heteroatoms. The number of hydrogen-bond acceptors (Lipinski definition) is 3. The van der Waals surface area contributed by atoms with Crippen LogP contribution >= 0.6 is 11.6 Å². The molecule has 1 aromatic carbocycles. The third-order valence-electron chi connectivity index (χ3n) is 2.97. The number of benzene rings is 1. The molecule has 1 fully saturated rings. The highest BCUT2D eigenvalue weighted by Crippen LogP contribution is 2.16. The summed E-state index contributed by atoms with van der Waals surface area (Å²) in [5, 5.41) is 6.78. The minimum Gasteiger partial charge on any atom is -0.378 e. The van der Waals surface area contributed by atoms with Gasteiger partial charge in [-0.15, -0.1) is 0 Å². The van der Waals surface area contributed by atoms with Gasteiger partial charge in [0, 0.05) is 11.6 Å². The minimum atomic E-state index is -0.256. The summed E-state index contributed by atoms with van der Waals surface area (Å²) in [5.74, 6) is -0.0304. The monoisotopic (exact) mass is 268 g/mol. The summed E-state index contributed by atoms with van der Waals surface area (Å²) in [6, 6.07) is 7.17. The van der Waals surface area contributed by atoms with Crippen LogP contribution in [0.1, 0.15) is 18.5 Å². The van der Waals surface area contributed by atoms with Crippen molar-refractivity contribution in [3.8, 4) is 0 Å². The van der Waals surface area contributed by atoms with Crippen LogP contribution in [0.25, 0.3) is 0 Å². The lowest BCUT2D eigenvalue weighted by Crippen LogP contribution is -2.51. The Bertz CT molecular complexity index is 402. The molecule has 1 heterocycles. The largest absolute Gasteiger partial charge is 0.378 e. The first-order chi connectivity index (χ1) is 8.66. The van der Waals surface area contributed by atoms with Crippen molar-refractivity contribution in [2.75, 3.05) is 19.8 Å². The summed E-state index contributed by atoms with van der Waals surface area (Å²) >= 11 is 5.83. The van der Waals surface area contributed by atoms with Crippen LogP contribution in [0, 0.1) is 0 Å². The van der Waals surface area contributed by atoms with Crippen molar-refractivity contribution in [3.05, 3.63) is 34.9 Å². The van der Waals surface area contributed by atoms with E-state index < -0.39 is 0 Å². The van der Waals surface area contributed by atoms with Gasteiger partial charge in [-0.1, -0.05) is 23.7 Å². The number of nitrogens with one attached hydrogen (secondary N) is 2. The highest BCUT2D eigenvalue weighted by atomic mass is 35.5. The average Bonchev–Trinajstić information content (AvgIpc) is 2.40. The van der Waals surface area contributed by atoms with Gasteiger partial charge in [0.2, 0.25) is 5.91 Å². The maximum atomic E-state index is 12.0. The van der Waals surface area contributed by atoms with E-state index in [0.29, 0.717) is 24.8 Å². The molecule has 1 aliphatic heterocycles. The fourth-order valence-electron chi connectivity index (χ4n) is 1.88. The Kier molecular flexibility index (Phi) is 4.58. The smallest absolute Gasteiger partial charge is 0.240 e. The highest BCUT2D eigenvalue weighted by molar-refractivity contribution is 6.30. The van der Waals surface area contributed by atoms with Gasteiger partial charge >= 0.3 is 0 Å². The summed E-state index contributed by atoms with van der Waals surface area (Å²) in [7, 11) is 0. The average molecular weight is 269 g/mol. The normalized spacial score (nSPS) is 21.3. The van der Waals surface area contributed by atoms with Crippen LogP contribution in [0.5, 0.6) is 0 Å². The highest BCUT2D eigenvalue weighted by Gasteiger charge is 2.22. The fourth-order valence-corrected chi connectivity index (χ4v) is 2.01. The van der Waals surface area contributed by atoms with E-state index in [-0.39, 0.29) is 18.0 Å². The van der Waals surface area contributed by atoms with Crippen molar-refractivity contribution in [2.24, 2.45) is 0 Å². The van der Waals surface area contributed by atoms with Crippen molar-refractivity contribution < 1.29 is 9.53 Å². The molecule has 1 aromatic rings. The zero-order valence-corrected chi connectivity index (χ0v) is 11.0. The SMILES string of the molecule is C[C@H](NC(=O)C1COCCN1)c1ccc(Cl)cc1. The Morgan fingerprint density at radius 1 is 1.50 bits per heavy atom. The molecular formula is C13H17ClN2O2. The number of halogens is 1. The predicted molar refractivity (Wildman–Crippen MR) is 70.6 cm³/mol. The van der Waals surface area contributed by atoms with E-state index in [1.54, 1.807) is 0 Å². The maximum Gasteiger partial charge on any atom is 0.240 e. The van der Waals surface area contributed by atoms with Gasteiger partial charge in [0.25, 0.3) is 0 Å². The first-order valence-corrected chi connectivity index (χ1v) is 6.41. The Balaban J connectivity index is 1.91. The number of carbonyl (C=O) groups is 1. The second-order valence-electron chi connectivity index (χ2n) is 4.36. The Morgan fingerprint density at radius 3 is 2.83 bits per heavy atom. The molecule has 2 N–H and O–H groups in total. The topological polar surface area (TPSA) is 50.4 Å². The Morgan fingerprint density at radius 2 is 2.22 bits per heavy atom. The molecule has 18 heavy (non-hydrogen) atoms. The first kappa shape index (κ1) is 13.3. The van der Waals surface area contributed by atoms with Gasteiger partial charge in [-0.3, -0.25) is 4.79 Å². The quantitative estimate of drug-likeness (QED) is 0.874. The molecule has 0 radical (unpaired) electrons. The number of ether oxygens (including phenoxy) is 1. The molecule has 0 spiro atoms. The molecule has 0 saturated carbocycles. The molecule has 2 rings (SSSR count). The predicted octanol–water partition coefficient (Wildman–Crippen LogP) is 1.51. The van der Waals surface area contributed by atoms with Crippen LogP contribution in [0.4, 0.5) is 0 Å². The van der Waals surface area contributed by atoms with Gasteiger partial charge in [0.15, 0.2) is 0 Å². The van der Waals surface area contributed by atoms with Crippen LogP contribution in [0.15, 0.2) is 24.3 Å². The van der Waals surface area contributed by atoms with Gasteiger partial charge in [0.1, 0.15) is 6.04 Å². The molecule has 1 unspecified atom stereocenters. The van der Waals surface area contributed by atoms with Gasteiger partial charge in [-0.25, -0.2) is 0 Å². The Hall–Kier alpha value is -1.10. The van der Waals surface area contributed by atoms with E-state index in [2.05, 4.69) is 10.6 Å². The number of hydrogen-bond donors (Lipinski definition) is 2. The lowest BCUT2D eigenvalue weighted by Gasteiger charge is -2.25. The van der Waals surface area contributed by atoms with Crippen molar-refractivity contribution >= 4 is 17.5 Å². The maximum absolute atomic E-state index is 12.0. The van der Waals surface area contributed by atoms with Gasteiger partial charge < -0.3 is 15.4 Å². The van der Waals surface area contributed by atoms with E-state index in [1.165, 1.54) is 0 Å². The molecule has 0 aliphatic carbocycles. The molecule has 98 valence electrons. The van der Waals surface area contributed by atoms with E-state index in [4.69, 9.17) is 16.3 Å². The second kappa shape index (κ2) is 6.18. The first-order valence-electron chi connectivity index (χ1n) is 6.04. The standard InChI is InChI=1S/C13H17ClN2O2/c1-9(10-2-4-11(14)5-3-10)16-13(17)12-8-18-7-6-15-12/h2-5,9,12,15H,6-8H2,1H3,(H,16,17)/t9-,12?/m0/s1. The van der Waals surface area contributed by atoms with Crippen LogP contribution in [0.2, 0.25) is 5.02 Å². The zero-order chi connectivity index (χ0) is 13.0. The molecule has 0 bridgehead atoms. The Labute approximate surface area is 112 Å². The number of rotatable bonds is 3. The number of carbonyl (C=O) groups excluding carboxylic acids is 1. The third kappa shape index (κ3) is 3.45. The molecule has 4 nitrogen and oxygen atoms in total. The molecule has 1 aliphatic rings. The van der Waals surface area contributed by atoms with Crippen LogP contribution < -0.4 is 10.6 Å². The molecule has 0 aromatic heterocycles. The second-order valence-corrected chi connectivity index (χ2v) is 4.80. The molecule has 2 atom stereocenters. The molecule has 1 saturated heterocycles. The van der Waals surface area contributed by atoms with E-state index >= 15 is 0 Å².